The van der Waals surface area contributed by atoms with Crippen LogP contribution in [0.15, 0.2) is 18.3 Å². The summed E-state index contributed by atoms with van der Waals surface area (Å²) in [6.45, 7) is 5.12. The smallest absolute Gasteiger partial charge is 0.141 e. The van der Waals surface area contributed by atoms with Crippen molar-refractivity contribution < 1.29 is 0 Å². The van der Waals surface area contributed by atoms with Crippen molar-refractivity contribution >= 4 is 11.5 Å². The lowest BCUT2D eigenvalue weighted by atomic mass is 10.2. The normalized spacial score (nSPS) is 10.7. The van der Waals surface area contributed by atoms with E-state index in [9.17, 15) is 0 Å². The number of likely N-dealkylation sites (N-methyl/N-ethyl adjacent to an activating group) is 1. The van der Waals surface area contributed by atoms with Crippen molar-refractivity contribution in [3.63, 3.8) is 0 Å². The summed E-state index contributed by atoms with van der Waals surface area (Å²) in [5.74, 6) is 0.0147. The molecule has 0 aliphatic heterocycles. The first-order valence-corrected chi connectivity index (χ1v) is 6.24. The van der Waals surface area contributed by atoms with Crippen LogP contribution >= 0.6 is 0 Å². The van der Waals surface area contributed by atoms with E-state index in [1.54, 1.807) is 6.20 Å². The van der Waals surface area contributed by atoms with Crippen LogP contribution in [0.25, 0.3) is 0 Å². The van der Waals surface area contributed by atoms with E-state index in [2.05, 4.69) is 35.8 Å². The average molecular weight is 249 g/mol. The van der Waals surface area contributed by atoms with Crippen LogP contribution in [0.1, 0.15) is 19.0 Å². The third-order valence-corrected chi connectivity index (χ3v) is 2.70. The first kappa shape index (κ1) is 14.4. The Bertz CT molecular complexity index is 389. The van der Waals surface area contributed by atoms with Gasteiger partial charge in [-0.3, -0.25) is 10.4 Å². The molecule has 18 heavy (non-hydrogen) atoms. The highest BCUT2D eigenvalue weighted by molar-refractivity contribution is 5.93. The van der Waals surface area contributed by atoms with E-state index < -0.39 is 0 Å². The van der Waals surface area contributed by atoms with Gasteiger partial charge in [-0.25, -0.2) is 0 Å². The summed E-state index contributed by atoms with van der Waals surface area (Å²) in [5.41, 5.74) is 7.10. The molecule has 0 saturated carbocycles. The fourth-order valence-electron chi connectivity index (χ4n) is 1.72. The minimum atomic E-state index is 0.0147. The highest BCUT2D eigenvalue weighted by atomic mass is 15.2. The summed E-state index contributed by atoms with van der Waals surface area (Å²) in [7, 11) is 4.13. The van der Waals surface area contributed by atoms with Gasteiger partial charge >= 0.3 is 0 Å². The molecule has 0 aliphatic rings. The van der Waals surface area contributed by atoms with E-state index in [1.165, 1.54) is 0 Å². The van der Waals surface area contributed by atoms with Gasteiger partial charge in [0.05, 0.1) is 0 Å². The van der Waals surface area contributed by atoms with Gasteiger partial charge in [0.25, 0.3) is 0 Å². The molecule has 0 saturated heterocycles. The minimum Gasteiger partial charge on any atom is -0.382 e. The maximum Gasteiger partial charge on any atom is 0.141 e. The molecule has 5 heteroatoms. The van der Waals surface area contributed by atoms with Crippen molar-refractivity contribution in [3.8, 4) is 0 Å². The average Bonchev–Trinajstić information content (AvgIpc) is 2.34. The molecule has 0 bridgehead atoms. The summed E-state index contributed by atoms with van der Waals surface area (Å²) in [6.07, 6.45) is 2.80. The third-order valence-electron chi connectivity index (χ3n) is 2.70. The number of nitrogens with zero attached hydrogens (tertiary/aromatic N) is 3. The van der Waals surface area contributed by atoms with Crippen molar-refractivity contribution in [1.29, 1.82) is 5.41 Å². The van der Waals surface area contributed by atoms with E-state index >= 15 is 0 Å². The SMILES string of the molecule is CCCN(CCN(C)C)c1ccnc(C(=N)N)c1. The fourth-order valence-corrected chi connectivity index (χ4v) is 1.72. The zero-order valence-corrected chi connectivity index (χ0v) is 11.5. The van der Waals surface area contributed by atoms with Crippen LogP contribution in [0.3, 0.4) is 0 Å². The van der Waals surface area contributed by atoms with Gasteiger partial charge in [0.15, 0.2) is 0 Å². The van der Waals surface area contributed by atoms with Gasteiger partial charge in [0.2, 0.25) is 0 Å². The second-order valence-electron chi connectivity index (χ2n) is 4.60. The number of nitrogens with one attached hydrogen (secondary N) is 1. The minimum absolute atomic E-state index is 0.0147. The quantitative estimate of drug-likeness (QED) is 0.562. The molecule has 100 valence electrons. The highest BCUT2D eigenvalue weighted by Gasteiger charge is 2.08. The second-order valence-corrected chi connectivity index (χ2v) is 4.60. The van der Waals surface area contributed by atoms with Crippen LogP contribution in [0.5, 0.6) is 0 Å². The number of rotatable bonds is 7. The molecule has 1 rings (SSSR count). The number of pyridine rings is 1. The van der Waals surface area contributed by atoms with Gasteiger partial charge in [0.1, 0.15) is 11.5 Å². The number of amidine groups is 1. The van der Waals surface area contributed by atoms with Crippen LogP contribution in [-0.4, -0.2) is 49.4 Å². The van der Waals surface area contributed by atoms with E-state index in [-0.39, 0.29) is 5.84 Å². The van der Waals surface area contributed by atoms with Crippen molar-refractivity contribution in [3.05, 3.63) is 24.0 Å². The molecule has 0 spiro atoms. The lowest BCUT2D eigenvalue weighted by molar-refractivity contribution is 0.413. The molecule has 0 amide bonds. The molecule has 0 radical (unpaired) electrons. The molecule has 0 aromatic carbocycles. The molecular weight excluding hydrogens is 226 g/mol. The van der Waals surface area contributed by atoms with Crippen molar-refractivity contribution in [1.82, 2.24) is 9.88 Å². The Labute approximate surface area is 109 Å². The first-order valence-electron chi connectivity index (χ1n) is 6.24. The van der Waals surface area contributed by atoms with E-state index in [0.29, 0.717) is 5.69 Å². The lowest BCUT2D eigenvalue weighted by Gasteiger charge is -2.26. The molecule has 0 fully saturated rings. The van der Waals surface area contributed by atoms with Crippen LogP contribution in [0, 0.1) is 5.41 Å². The van der Waals surface area contributed by atoms with E-state index in [1.807, 2.05) is 12.1 Å². The largest absolute Gasteiger partial charge is 0.382 e. The Kier molecular flexibility index (Phi) is 5.58. The van der Waals surface area contributed by atoms with Gasteiger partial charge < -0.3 is 15.5 Å². The predicted octanol–water partition coefficient (Wildman–Crippen LogP) is 1.14. The Morgan fingerprint density at radius 1 is 1.33 bits per heavy atom. The van der Waals surface area contributed by atoms with Crippen LogP contribution in [0.2, 0.25) is 0 Å². The molecule has 5 nitrogen and oxygen atoms in total. The number of aromatic nitrogens is 1. The standard InChI is InChI=1S/C13H23N5/c1-4-7-18(9-8-17(2)3)11-5-6-16-12(10-11)13(14)15/h5-6,10H,4,7-9H2,1-3H3,(H3,14,15). The molecule has 0 unspecified atom stereocenters. The molecule has 0 aliphatic carbocycles. The molecule has 3 N–H and O–H groups in total. The highest BCUT2D eigenvalue weighted by Crippen LogP contribution is 2.14. The zero-order chi connectivity index (χ0) is 13.5. The van der Waals surface area contributed by atoms with Crippen molar-refractivity contribution in [2.45, 2.75) is 13.3 Å². The number of nitrogens with two attached hydrogens (primary N) is 1. The Morgan fingerprint density at radius 3 is 2.61 bits per heavy atom. The summed E-state index contributed by atoms with van der Waals surface area (Å²) in [4.78, 5) is 8.55. The zero-order valence-electron chi connectivity index (χ0n) is 11.5. The molecular formula is C13H23N5. The van der Waals surface area contributed by atoms with Crippen molar-refractivity contribution in [2.24, 2.45) is 5.73 Å². The van der Waals surface area contributed by atoms with Gasteiger partial charge in [-0.2, -0.15) is 0 Å². The number of hydrogen-bond donors (Lipinski definition) is 2. The number of anilines is 1. The predicted molar refractivity (Wildman–Crippen MR) is 76.3 cm³/mol. The van der Waals surface area contributed by atoms with Gasteiger partial charge in [0, 0.05) is 31.5 Å². The summed E-state index contributed by atoms with van der Waals surface area (Å²) >= 11 is 0. The summed E-state index contributed by atoms with van der Waals surface area (Å²) in [5, 5.41) is 7.43. The second kappa shape index (κ2) is 6.96. The van der Waals surface area contributed by atoms with Gasteiger partial charge in [-0.05, 0) is 32.6 Å². The van der Waals surface area contributed by atoms with Gasteiger partial charge in [-0.15, -0.1) is 0 Å². The monoisotopic (exact) mass is 249 g/mol. The maximum absolute atomic E-state index is 7.43. The van der Waals surface area contributed by atoms with Crippen LogP contribution in [-0.2, 0) is 0 Å². The maximum atomic E-state index is 7.43. The molecule has 0 atom stereocenters. The summed E-state index contributed by atoms with van der Waals surface area (Å²) < 4.78 is 0. The topological polar surface area (TPSA) is 69.2 Å². The lowest BCUT2D eigenvalue weighted by Crippen LogP contribution is -2.32. The fraction of sp³-hybridized carbons (Fsp3) is 0.538. The Hall–Kier alpha value is -1.62. The van der Waals surface area contributed by atoms with E-state index in [0.717, 1.165) is 31.7 Å². The molecule has 1 heterocycles. The summed E-state index contributed by atoms with van der Waals surface area (Å²) in [6, 6.07) is 3.85. The Morgan fingerprint density at radius 2 is 2.06 bits per heavy atom. The first-order chi connectivity index (χ1) is 8.54. The van der Waals surface area contributed by atoms with E-state index in [4.69, 9.17) is 11.1 Å². The van der Waals surface area contributed by atoms with Crippen molar-refractivity contribution in [2.75, 3.05) is 38.6 Å². The van der Waals surface area contributed by atoms with Crippen LogP contribution in [0.4, 0.5) is 5.69 Å². The van der Waals surface area contributed by atoms with Crippen LogP contribution < -0.4 is 10.6 Å². The number of nitrogen functional groups attached to an aromatic ring is 1. The molecule has 1 aromatic rings. The molecule has 1 aromatic heterocycles. The Balaban J connectivity index is 2.83. The number of hydrogen-bond acceptors (Lipinski definition) is 4. The third kappa shape index (κ3) is 4.33. The van der Waals surface area contributed by atoms with Gasteiger partial charge in [-0.1, -0.05) is 6.92 Å².